The molecule has 14 atom stereocenters. The van der Waals surface area contributed by atoms with Crippen molar-refractivity contribution in [3.63, 3.8) is 0 Å². The van der Waals surface area contributed by atoms with Crippen molar-refractivity contribution in [2.75, 3.05) is 7.05 Å². The second-order valence-electron chi connectivity index (χ2n) is 20.8. The molecule has 5 fully saturated rings. The fourth-order valence-electron chi connectivity index (χ4n) is 12.6. The highest BCUT2D eigenvalue weighted by atomic mass is 19.4. The Labute approximate surface area is 356 Å². The van der Waals surface area contributed by atoms with E-state index in [4.69, 9.17) is 9.47 Å². The molecule has 0 aromatic carbocycles. The van der Waals surface area contributed by atoms with Gasteiger partial charge in [0.25, 0.3) is 0 Å². The van der Waals surface area contributed by atoms with Crippen LogP contribution in [0.5, 0.6) is 0 Å². The molecule has 4 N–H and O–H groups in total. The van der Waals surface area contributed by atoms with Crippen LogP contribution in [0.4, 0.5) is 26.3 Å². The first-order valence-electron chi connectivity index (χ1n) is 22.7. The lowest BCUT2D eigenvalue weighted by atomic mass is 9.55. The number of aliphatic carboxylic acids is 2. The number of amides is 2. The fourth-order valence-corrected chi connectivity index (χ4v) is 12.6. The Morgan fingerprint density at radius 3 is 1.34 bits per heavy atom. The van der Waals surface area contributed by atoms with Gasteiger partial charge in [-0.1, -0.05) is 48.5 Å². The van der Waals surface area contributed by atoms with Crippen LogP contribution in [0, 0.1) is 82.3 Å². The largest absolute Gasteiger partial charge is 0.481 e. The topological polar surface area (TPSA) is 151 Å². The molecule has 350 valence electrons. The quantitative estimate of drug-likeness (QED) is 0.150. The third kappa shape index (κ3) is 11.2. The molecule has 5 aliphatic carbocycles. The SMILES string of the molecule is CNC(=O)C1CC(C(=O)NC2CCC(OC3C(C)CC(C(C)(C)C4CC(C)C(OC5CCC(C)CC5C(F)(F)F)C(C)C4)CC3C)C(C(F)(F)F)C2)C(C(=O)O)CC1C(=O)O. The molecule has 0 aliphatic heterocycles. The highest BCUT2D eigenvalue weighted by molar-refractivity contribution is 5.90. The number of halogens is 6. The van der Waals surface area contributed by atoms with E-state index in [0.717, 1.165) is 32.1 Å². The molecule has 5 rings (SSSR count). The van der Waals surface area contributed by atoms with Crippen LogP contribution in [0.2, 0.25) is 0 Å². The molecule has 0 spiro atoms. The first kappa shape index (κ1) is 49.4. The summed E-state index contributed by atoms with van der Waals surface area (Å²) in [5.74, 6) is -12.2. The van der Waals surface area contributed by atoms with Gasteiger partial charge in [0.2, 0.25) is 11.8 Å². The summed E-state index contributed by atoms with van der Waals surface area (Å²) >= 11 is 0. The summed E-state index contributed by atoms with van der Waals surface area (Å²) in [5.41, 5.74) is -0.145. The second kappa shape index (κ2) is 19.2. The summed E-state index contributed by atoms with van der Waals surface area (Å²) in [6.45, 7) is 14.6. The van der Waals surface area contributed by atoms with Crippen molar-refractivity contribution in [1.29, 1.82) is 0 Å². The number of alkyl halides is 6. The van der Waals surface area contributed by atoms with Crippen LogP contribution < -0.4 is 10.6 Å². The Hall–Kier alpha value is -2.62. The number of carbonyl (C=O) groups is 4. The van der Waals surface area contributed by atoms with E-state index in [0.29, 0.717) is 6.42 Å². The molecule has 61 heavy (non-hydrogen) atoms. The maximum absolute atomic E-state index is 14.8. The fraction of sp³-hybridized carbons (Fsp3) is 0.911. The molecular weight excluding hydrogens is 810 g/mol. The van der Waals surface area contributed by atoms with Crippen LogP contribution in [-0.2, 0) is 28.7 Å². The number of ether oxygens (including phenoxy) is 2. The molecule has 2 amide bonds. The number of rotatable bonds is 11. The van der Waals surface area contributed by atoms with Gasteiger partial charge >= 0.3 is 24.3 Å². The number of carboxylic acid groups (broad SMARTS) is 2. The second-order valence-corrected chi connectivity index (χ2v) is 20.8. The minimum Gasteiger partial charge on any atom is -0.481 e. The van der Waals surface area contributed by atoms with E-state index in [1.165, 1.54) is 7.05 Å². The normalized spacial score (nSPS) is 41.7. The molecule has 16 heteroatoms. The Morgan fingerprint density at radius 1 is 0.541 bits per heavy atom. The van der Waals surface area contributed by atoms with Crippen molar-refractivity contribution >= 4 is 23.8 Å². The third-order valence-electron chi connectivity index (χ3n) is 16.2. The van der Waals surface area contributed by atoms with Crippen molar-refractivity contribution in [3.8, 4) is 0 Å². The van der Waals surface area contributed by atoms with Crippen LogP contribution in [-0.4, -0.2) is 83.8 Å². The average Bonchev–Trinajstić information content (AvgIpc) is 3.16. The summed E-state index contributed by atoms with van der Waals surface area (Å²) < 4.78 is 99.3. The molecule has 0 bridgehead atoms. The highest BCUT2D eigenvalue weighted by Gasteiger charge is 2.55. The van der Waals surface area contributed by atoms with E-state index < -0.39 is 109 Å². The van der Waals surface area contributed by atoms with Gasteiger partial charge in [0.15, 0.2) is 0 Å². The van der Waals surface area contributed by atoms with Gasteiger partial charge in [0.1, 0.15) is 0 Å². The lowest BCUT2D eigenvalue weighted by molar-refractivity contribution is -0.238. The Balaban J connectivity index is 1.19. The molecule has 10 nitrogen and oxygen atoms in total. The summed E-state index contributed by atoms with van der Waals surface area (Å²) in [7, 11) is 1.30. The zero-order valence-corrected chi connectivity index (χ0v) is 37.0. The average molecular weight is 881 g/mol. The van der Waals surface area contributed by atoms with Crippen molar-refractivity contribution in [2.45, 2.75) is 168 Å². The molecule has 0 saturated heterocycles. The van der Waals surface area contributed by atoms with E-state index in [9.17, 15) is 55.7 Å². The lowest BCUT2D eigenvalue weighted by Crippen LogP contribution is -2.54. The van der Waals surface area contributed by atoms with Crippen molar-refractivity contribution in [2.24, 2.45) is 82.3 Å². The monoisotopic (exact) mass is 881 g/mol. The van der Waals surface area contributed by atoms with Gasteiger partial charge < -0.3 is 30.3 Å². The highest BCUT2D eigenvalue weighted by Crippen LogP contribution is 2.54. The predicted molar refractivity (Wildman–Crippen MR) is 214 cm³/mol. The van der Waals surface area contributed by atoms with Crippen LogP contribution in [0.1, 0.15) is 126 Å². The summed E-state index contributed by atoms with van der Waals surface area (Å²) in [6.07, 6.45) is -8.36. The van der Waals surface area contributed by atoms with Crippen molar-refractivity contribution in [1.82, 2.24) is 10.6 Å². The molecule has 5 aliphatic rings. The molecule has 0 radical (unpaired) electrons. The van der Waals surface area contributed by atoms with Gasteiger partial charge in [-0.2, -0.15) is 26.3 Å². The molecule has 5 saturated carbocycles. The Morgan fingerprint density at radius 2 is 0.934 bits per heavy atom. The van der Waals surface area contributed by atoms with Gasteiger partial charge in [0, 0.05) is 13.1 Å². The van der Waals surface area contributed by atoms with Crippen LogP contribution in [0.3, 0.4) is 0 Å². The zero-order chi connectivity index (χ0) is 45.5. The Bertz CT molecular complexity index is 1530. The number of carbonyl (C=O) groups excluding carboxylic acids is 2. The van der Waals surface area contributed by atoms with Crippen LogP contribution >= 0.6 is 0 Å². The minimum absolute atomic E-state index is 0.0123. The number of hydrogen-bond donors (Lipinski definition) is 4. The van der Waals surface area contributed by atoms with Gasteiger partial charge in [-0.05, 0) is 124 Å². The zero-order valence-electron chi connectivity index (χ0n) is 37.0. The molecule has 0 aromatic rings. The standard InChI is InChI=1S/C45H70F6N2O8/c1-21-9-11-35(33(13-21)44(46,47)48)60-37-22(2)14-26(15-23(37)3)43(6,7)27-16-24(4)38(25(5)17-27)61-36-12-10-28(18-34(36)45(49,50)51)53-40(55)30-19-29(39(54)52-8)31(41(56)57)20-32(30)42(58)59/h21-38H,9-20H2,1-8H3,(H,52,54)(H,53,55)(H,56,57)(H,58,59). The van der Waals surface area contributed by atoms with E-state index in [-0.39, 0.29) is 78.6 Å². The van der Waals surface area contributed by atoms with Crippen LogP contribution in [0.15, 0.2) is 0 Å². The van der Waals surface area contributed by atoms with Gasteiger partial charge in [0.05, 0.1) is 59.9 Å². The van der Waals surface area contributed by atoms with E-state index in [1.807, 2.05) is 20.8 Å². The van der Waals surface area contributed by atoms with Gasteiger partial charge in [-0.25, -0.2) is 0 Å². The van der Waals surface area contributed by atoms with E-state index in [2.05, 4.69) is 38.3 Å². The molecule has 0 heterocycles. The number of nitrogens with one attached hydrogen (secondary N) is 2. The van der Waals surface area contributed by atoms with Crippen molar-refractivity contribution < 1.29 is 65.2 Å². The lowest BCUT2D eigenvalue weighted by Gasteiger charge is -2.53. The number of carboxylic acids is 2. The molecule has 0 aromatic heterocycles. The maximum Gasteiger partial charge on any atom is 0.394 e. The number of hydrogen-bond acceptors (Lipinski definition) is 6. The smallest absolute Gasteiger partial charge is 0.394 e. The predicted octanol–water partition coefficient (Wildman–Crippen LogP) is 8.90. The van der Waals surface area contributed by atoms with E-state index in [1.54, 1.807) is 0 Å². The van der Waals surface area contributed by atoms with E-state index >= 15 is 0 Å². The Kier molecular flexibility index (Phi) is 15.6. The first-order chi connectivity index (χ1) is 28.2. The molecular formula is C45H70F6N2O8. The minimum atomic E-state index is -4.65. The van der Waals surface area contributed by atoms with Crippen LogP contribution in [0.25, 0.3) is 0 Å². The van der Waals surface area contributed by atoms with Gasteiger partial charge in [-0.15, -0.1) is 0 Å². The molecule has 14 unspecified atom stereocenters. The maximum atomic E-state index is 14.8. The summed E-state index contributed by atoms with van der Waals surface area (Å²) in [4.78, 5) is 50.2. The van der Waals surface area contributed by atoms with Crippen molar-refractivity contribution in [3.05, 3.63) is 0 Å². The van der Waals surface area contributed by atoms with Gasteiger partial charge in [-0.3, -0.25) is 19.2 Å². The first-order valence-corrected chi connectivity index (χ1v) is 22.7. The third-order valence-corrected chi connectivity index (χ3v) is 16.2. The summed E-state index contributed by atoms with van der Waals surface area (Å²) in [6, 6.07) is -0.932. The summed E-state index contributed by atoms with van der Waals surface area (Å²) in [5, 5.41) is 24.6.